The number of aryl methyl sites for hydroxylation is 1. The molecule has 1 aliphatic rings. The van der Waals surface area contributed by atoms with Crippen LogP contribution in [-0.2, 0) is 18.4 Å². The zero-order valence-electron chi connectivity index (χ0n) is 13.0. The van der Waals surface area contributed by atoms with E-state index in [1.165, 1.54) is 12.8 Å². The Balaban J connectivity index is 1.66. The van der Waals surface area contributed by atoms with E-state index in [1.54, 1.807) is 11.7 Å². The maximum atomic E-state index is 11.9. The van der Waals surface area contributed by atoms with Gasteiger partial charge in [0, 0.05) is 23.1 Å². The maximum Gasteiger partial charge on any atom is 0.407 e. The number of benzene rings is 1. The molecule has 0 saturated heterocycles. The van der Waals surface area contributed by atoms with Crippen LogP contribution in [0.1, 0.15) is 31.4 Å². The highest BCUT2D eigenvalue weighted by Gasteiger charge is 2.19. The number of rotatable bonds is 4. The number of carbonyl (C=O) groups excluding carboxylic acids is 1. The molecule has 0 unspecified atom stereocenters. The van der Waals surface area contributed by atoms with Crippen molar-refractivity contribution < 1.29 is 9.53 Å². The van der Waals surface area contributed by atoms with E-state index in [9.17, 15) is 4.79 Å². The second-order valence-corrected chi connectivity index (χ2v) is 6.63. The van der Waals surface area contributed by atoms with Gasteiger partial charge in [0.1, 0.15) is 18.0 Å². The van der Waals surface area contributed by atoms with E-state index in [0.717, 1.165) is 34.3 Å². The average Bonchev–Trinajstić information content (AvgIpc) is 3.16. The van der Waals surface area contributed by atoms with Gasteiger partial charge in [-0.2, -0.15) is 0 Å². The third-order valence-corrected chi connectivity index (χ3v) is 4.61. The normalized spacial score (nSPS) is 14.9. The van der Waals surface area contributed by atoms with E-state index in [4.69, 9.17) is 4.74 Å². The summed E-state index contributed by atoms with van der Waals surface area (Å²) in [7, 11) is 1.79. The minimum atomic E-state index is -0.375. The quantitative estimate of drug-likeness (QED) is 0.884. The van der Waals surface area contributed by atoms with E-state index >= 15 is 0 Å². The third kappa shape index (κ3) is 3.90. The monoisotopic (exact) mass is 378 g/mol. The molecule has 23 heavy (non-hydrogen) atoms. The Bertz CT molecular complexity index is 678. The lowest BCUT2D eigenvalue weighted by atomic mass is 10.1. The summed E-state index contributed by atoms with van der Waals surface area (Å²) in [4.78, 5) is 11.9. The van der Waals surface area contributed by atoms with Gasteiger partial charge in [0.2, 0.25) is 0 Å². The van der Waals surface area contributed by atoms with Gasteiger partial charge >= 0.3 is 6.09 Å². The molecule has 1 aromatic heterocycles. The molecule has 1 heterocycles. The number of alkyl carbamates (subject to hydrolysis) is 1. The van der Waals surface area contributed by atoms with E-state index in [-0.39, 0.29) is 18.7 Å². The van der Waals surface area contributed by atoms with Gasteiger partial charge in [-0.3, -0.25) is 0 Å². The summed E-state index contributed by atoms with van der Waals surface area (Å²) in [5.74, 6) is 0. The number of nitrogens with zero attached hydrogens (tertiary/aromatic N) is 3. The van der Waals surface area contributed by atoms with Gasteiger partial charge in [0.25, 0.3) is 0 Å². The Labute approximate surface area is 143 Å². The molecule has 0 bridgehead atoms. The van der Waals surface area contributed by atoms with Gasteiger partial charge in [-0.25, -0.2) is 9.48 Å². The van der Waals surface area contributed by atoms with Crippen molar-refractivity contribution in [2.75, 3.05) is 0 Å². The molecule has 0 aliphatic heterocycles. The standard InChI is InChI=1S/C16H19BrN4O2/c1-21-14(10-23-16(22)18-13-4-2-3-5-13)15(19-20-21)11-6-8-12(17)9-7-11/h6-9,13H,2-5,10H2,1H3,(H,18,22). The molecule has 1 saturated carbocycles. The van der Waals surface area contributed by atoms with Gasteiger partial charge in [-0.05, 0) is 25.0 Å². The number of hydrogen-bond donors (Lipinski definition) is 1. The van der Waals surface area contributed by atoms with Crippen molar-refractivity contribution in [2.24, 2.45) is 7.05 Å². The summed E-state index contributed by atoms with van der Waals surface area (Å²) >= 11 is 3.41. The number of ether oxygens (including phenoxy) is 1. The highest BCUT2D eigenvalue weighted by molar-refractivity contribution is 9.10. The van der Waals surface area contributed by atoms with E-state index in [0.29, 0.717) is 0 Å². The summed E-state index contributed by atoms with van der Waals surface area (Å²) in [6.07, 6.45) is 4.04. The van der Waals surface area contributed by atoms with Crippen molar-refractivity contribution in [1.82, 2.24) is 20.3 Å². The van der Waals surface area contributed by atoms with Crippen LogP contribution in [0.2, 0.25) is 0 Å². The van der Waals surface area contributed by atoms with E-state index < -0.39 is 0 Å². The number of aromatic nitrogens is 3. The van der Waals surface area contributed by atoms with Crippen molar-refractivity contribution in [3.63, 3.8) is 0 Å². The minimum absolute atomic E-state index is 0.146. The van der Waals surface area contributed by atoms with E-state index in [2.05, 4.69) is 31.6 Å². The van der Waals surface area contributed by atoms with Crippen molar-refractivity contribution in [1.29, 1.82) is 0 Å². The van der Waals surface area contributed by atoms with Crippen LogP contribution < -0.4 is 5.32 Å². The predicted molar refractivity (Wildman–Crippen MR) is 89.7 cm³/mol. The Morgan fingerprint density at radius 1 is 1.35 bits per heavy atom. The molecule has 3 rings (SSSR count). The second-order valence-electron chi connectivity index (χ2n) is 5.72. The van der Waals surface area contributed by atoms with Crippen LogP contribution in [-0.4, -0.2) is 27.1 Å². The third-order valence-electron chi connectivity index (χ3n) is 4.08. The summed E-state index contributed by atoms with van der Waals surface area (Å²) in [6, 6.07) is 8.05. The molecule has 6 nitrogen and oxygen atoms in total. The summed E-state index contributed by atoms with van der Waals surface area (Å²) in [5, 5.41) is 11.1. The lowest BCUT2D eigenvalue weighted by molar-refractivity contribution is 0.133. The molecule has 1 aromatic carbocycles. The number of amides is 1. The molecular weight excluding hydrogens is 360 g/mol. The fourth-order valence-electron chi connectivity index (χ4n) is 2.78. The smallest absolute Gasteiger partial charge is 0.407 e. The highest BCUT2D eigenvalue weighted by atomic mass is 79.9. The molecule has 7 heteroatoms. The highest BCUT2D eigenvalue weighted by Crippen LogP contribution is 2.23. The summed E-state index contributed by atoms with van der Waals surface area (Å²) < 4.78 is 7.99. The second kappa shape index (κ2) is 7.12. The van der Waals surface area contributed by atoms with Gasteiger partial charge in [0.05, 0.1) is 0 Å². The predicted octanol–water partition coefficient (Wildman–Crippen LogP) is 3.41. The van der Waals surface area contributed by atoms with Gasteiger partial charge in [-0.15, -0.1) is 5.10 Å². The van der Waals surface area contributed by atoms with E-state index in [1.807, 2.05) is 24.3 Å². The van der Waals surface area contributed by atoms with Crippen molar-refractivity contribution in [3.05, 3.63) is 34.4 Å². The van der Waals surface area contributed by atoms with Gasteiger partial charge < -0.3 is 10.1 Å². The van der Waals surface area contributed by atoms with Crippen LogP contribution in [0.3, 0.4) is 0 Å². The molecular formula is C16H19BrN4O2. The van der Waals surface area contributed by atoms with Crippen molar-refractivity contribution in [3.8, 4) is 11.3 Å². The largest absolute Gasteiger partial charge is 0.443 e. The lowest BCUT2D eigenvalue weighted by Gasteiger charge is -2.12. The first-order chi connectivity index (χ1) is 11.1. The molecule has 1 amide bonds. The maximum absolute atomic E-state index is 11.9. The van der Waals surface area contributed by atoms with Crippen molar-refractivity contribution in [2.45, 2.75) is 38.3 Å². The molecule has 1 aliphatic carbocycles. The Morgan fingerprint density at radius 2 is 2.04 bits per heavy atom. The molecule has 1 N–H and O–H groups in total. The SMILES string of the molecule is Cn1nnc(-c2ccc(Br)cc2)c1COC(=O)NC1CCCC1. The number of hydrogen-bond acceptors (Lipinski definition) is 4. The van der Waals surface area contributed by atoms with Crippen molar-refractivity contribution >= 4 is 22.0 Å². The fourth-order valence-corrected chi connectivity index (χ4v) is 3.05. The number of nitrogens with one attached hydrogen (secondary N) is 1. The average molecular weight is 379 g/mol. The minimum Gasteiger partial charge on any atom is -0.443 e. The first kappa shape index (κ1) is 16.0. The molecule has 2 aromatic rings. The molecule has 0 spiro atoms. The zero-order valence-corrected chi connectivity index (χ0v) is 14.5. The van der Waals surface area contributed by atoms with Crippen LogP contribution in [0.15, 0.2) is 28.7 Å². The van der Waals surface area contributed by atoms with Crippen LogP contribution in [0.4, 0.5) is 4.79 Å². The van der Waals surface area contributed by atoms with Crippen LogP contribution in [0.5, 0.6) is 0 Å². The molecule has 0 radical (unpaired) electrons. The lowest BCUT2D eigenvalue weighted by Crippen LogP contribution is -2.33. The molecule has 122 valence electrons. The molecule has 1 fully saturated rings. The van der Waals surface area contributed by atoms with Crippen LogP contribution >= 0.6 is 15.9 Å². The van der Waals surface area contributed by atoms with Crippen LogP contribution in [0.25, 0.3) is 11.3 Å². The first-order valence-corrected chi connectivity index (χ1v) is 8.50. The number of carbonyl (C=O) groups is 1. The first-order valence-electron chi connectivity index (χ1n) is 7.71. The molecule has 0 atom stereocenters. The Hall–Kier alpha value is -1.89. The Kier molecular flexibility index (Phi) is 4.95. The topological polar surface area (TPSA) is 69.0 Å². The van der Waals surface area contributed by atoms with Gasteiger partial charge in [-0.1, -0.05) is 46.1 Å². The fraction of sp³-hybridized carbons (Fsp3) is 0.438. The zero-order chi connectivity index (χ0) is 16.2. The van der Waals surface area contributed by atoms with Crippen LogP contribution in [0, 0.1) is 0 Å². The summed E-state index contributed by atoms with van der Waals surface area (Å²) in [5.41, 5.74) is 2.44. The number of halogens is 1. The Morgan fingerprint density at radius 3 is 2.74 bits per heavy atom. The van der Waals surface area contributed by atoms with Gasteiger partial charge in [0.15, 0.2) is 0 Å². The summed E-state index contributed by atoms with van der Waals surface area (Å²) in [6.45, 7) is 0.146.